The van der Waals surface area contributed by atoms with Crippen LogP contribution in [0.2, 0.25) is 5.02 Å². The summed E-state index contributed by atoms with van der Waals surface area (Å²) in [5.41, 5.74) is 2.05. The number of hydrogen-bond acceptors (Lipinski definition) is 4. The SMILES string of the molecule is CN(C)S(=O)(=O)c1ccc(COc2ccc(-c3ccccc3)cc2Cl)o1. The van der Waals surface area contributed by atoms with E-state index in [0.29, 0.717) is 16.5 Å². The van der Waals surface area contributed by atoms with Crippen LogP contribution in [0.4, 0.5) is 0 Å². The molecule has 0 fully saturated rings. The lowest BCUT2D eigenvalue weighted by Gasteiger charge is -2.09. The second-order valence-corrected chi connectivity index (χ2v) is 8.30. The van der Waals surface area contributed by atoms with E-state index in [1.165, 1.54) is 20.2 Å². The smallest absolute Gasteiger partial charge is 0.275 e. The zero-order chi connectivity index (χ0) is 18.7. The molecule has 0 amide bonds. The Kier molecular flexibility index (Phi) is 5.36. The minimum atomic E-state index is -3.60. The Morgan fingerprint density at radius 3 is 2.38 bits per heavy atom. The normalized spacial score (nSPS) is 11.7. The fourth-order valence-electron chi connectivity index (χ4n) is 2.33. The fraction of sp³-hybridized carbons (Fsp3) is 0.158. The van der Waals surface area contributed by atoms with Crippen molar-refractivity contribution < 1.29 is 17.6 Å². The molecule has 136 valence electrons. The van der Waals surface area contributed by atoms with E-state index in [0.717, 1.165) is 15.4 Å². The molecular weight excluding hydrogens is 374 g/mol. The summed E-state index contributed by atoms with van der Waals surface area (Å²) in [6.45, 7) is 0.0767. The van der Waals surface area contributed by atoms with Crippen LogP contribution in [0.5, 0.6) is 5.75 Å². The Bertz CT molecular complexity index is 997. The number of furan rings is 1. The number of ether oxygens (including phenoxy) is 1. The summed E-state index contributed by atoms with van der Waals surface area (Å²) in [6.07, 6.45) is 0. The molecule has 0 N–H and O–H groups in total. The summed E-state index contributed by atoms with van der Waals surface area (Å²) in [7, 11) is -0.705. The van der Waals surface area contributed by atoms with E-state index >= 15 is 0 Å². The van der Waals surface area contributed by atoms with Crippen LogP contribution >= 0.6 is 11.6 Å². The first-order chi connectivity index (χ1) is 12.4. The largest absolute Gasteiger partial charge is 0.484 e. The molecule has 0 aliphatic heterocycles. The third kappa shape index (κ3) is 3.93. The summed E-state index contributed by atoms with van der Waals surface area (Å²) < 4.78 is 36.2. The van der Waals surface area contributed by atoms with E-state index in [4.69, 9.17) is 20.8 Å². The molecule has 0 atom stereocenters. The molecule has 0 saturated heterocycles. The monoisotopic (exact) mass is 391 g/mol. The maximum absolute atomic E-state index is 12.0. The van der Waals surface area contributed by atoms with Crippen molar-refractivity contribution in [2.45, 2.75) is 11.7 Å². The molecule has 5 nitrogen and oxygen atoms in total. The van der Waals surface area contributed by atoms with Crippen LogP contribution in [0.15, 0.2) is 70.2 Å². The molecule has 0 saturated carbocycles. The summed E-state index contributed by atoms with van der Waals surface area (Å²) >= 11 is 6.31. The number of hydrogen-bond donors (Lipinski definition) is 0. The van der Waals surface area contributed by atoms with Crippen molar-refractivity contribution in [1.29, 1.82) is 0 Å². The summed E-state index contributed by atoms with van der Waals surface area (Å²) in [6, 6.07) is 18.4. The van der Waals surface area contributed by atoms with Crippen molar-refractivity contribution in [1.82, 2.24) is 4.31 Å². The Morgan fingerprint density at radius 1 is 1.00 bits per heavy atom. The second-order valence-electron chi connectivity index (χ2n) is 5.81. The van der Waals surface area contributed by atoms with Gasteiger partial charge in [-0.15, -0.1) is 0 Å². The van der Waals surface area contributed by atoms with E-state index in [1.807, 2.05) is 42.5 Å². The zero-order valence-electron chi connectivity index (χ0n) is 14.3. The highest BCUT2D eigenvalue weighted by Gasteiger charge is 2.21. The first-order valence-electron chi connectivity index (χ1n) is 7.87. The molecular formula is C19H18ClNO4S. The van der Waals surface area contributed by atoms with E-state index in [2.05, 4.69) is 0 Å². The van der Waals surface area contributed by atoms with Gasteiger partial charge in [0.05, 0.1) is 5.02 Å². The molecule has 1 aromatic heterocycles. The van der Waals surface area contributed by atoms with Crippen LogP contribution in [0, 0.1) is 0 Å². The number of benzene rings is 2. The van der Waals surface area contributed by atoms with Crippen LogP contribution in [0.25, 0.3) is 11.1 Å². The molecule has 0 aliphatic rings. The van der Waals surface area contributed by atoms with Crippen LogP contribution in [0.1, 0.15) is 5.76 Å². The average Bonchev–Trinajstić information content (AvgIpc) is 3.11. The highest BCUT2D eigenvalue weighted by Crippen LogP contribution is 2.31. The van der Waals surface area contributed by atoms with Gasteiger partial charge in [0.15, 0.2) is 0 Å². The van der Waals surface area contributed by atoms with Gasteiger partial charge in [0.2, 0.25) is 5.09 Å². The minimum absolute atomic E-state index is 0.0767. The lowest BCUT2D eigenvalue weighted by atomic mass is 10.1. The molecule has 0 aliphatic carbocycles. The van der Waals surface area contributed by atoms with E-state index in [1.54, 1.807) is 12.1 Å². The topological polar surface area (TPSA) is 59.8 Å². The molecule has 3 aromatic rings. The Morgan fingerprint density at radius 2 is 1.73 bits per heavy atom. The fourth-order valence-corrected chi connectivity index (χ4v) is 3.38. The van der Waals surface area contributed by atoms with Crippen molar-refractivity contribution in [2.75, 3.05) is 14.1 Å². The molecule has 3 rings (SSSR count). The first-order valence-corrected chi connectivity index (χ1v) is 9.69. The van der Waals surface area contributed by atoms with Gasteiger partial charge in [-0.25, -0.2) is 12.7 Å². The molecule has 7 heteroatoms. The molecule has 0 spiro atoms. The van der Waals surface area contributed by atoms with Gasteiger partial charge in [-0.2, -0.15) is 0 Å². The Labute approximate surface area is 157 Å². The van der Waals surface area contributed by atoms with Gasteiger partial charge >= 0.3 is 0 Å². The number of halogens is 1. The highest BCUT2D eigenvalue weighted by atomic mass is 35.5. The molecule has 2 aromatic carbocycles. The van der Waals surface area contributed by atoms with Crippen molar-refractivity contribution in [3.8, 4) is 16.9 Å². The molecule has 1 heterocycles. The predicted molar refractivity (Wildman–Crippen MR) is 101 cm³/mol. The van der Waals surface area contributed by atoms with Gasteiger partial charge in [-0.1, -0.05) is 48.0 Å². The lowest BCUT2D eigenvalue weighted by Crippen LogP contribution is -2.21. The van der Waals surface area contributed by atoms with Crippen LogP contribution < -0.4 is 4.74 Å². The second kappa shape index (κ2) is 7.53. The van der Waals surface area contributed by atoms with Crippen LogP contribution in [-0.4, -0.2) is 26.8 Å². The van der Waals surface area contributed by atoms with Crippen molar-refractivity contribution in [2.24, 2.45) is 0 Å². The molecule has 0 unspecified atom stereocenters. The molecule has 0 bridgehead atoms. The summed E-state index contributed by atoms with van der Waals surface area (Å²) in [5.74, 6) is 0.897. The maximum Gasteiger partial charge on any atom is 0.275 e. The first kappa shape index (κ1) is 18.5. The van der Waals surface area contributed by atoms with Crippen molar-refractivity contribution >= 4 is 21.6 Å². The van der Waals surface area contributed by atoms with Gasteiger partial charge in [0.25, 0.3) is 10.0 Å². The highest BCUT2D eigenvalue weighted by molar-refractivity contribution is 7.88. The van der Waals surface area contributed by atoms with Crippen molar-refractivity contribution in [3.63, 3.8) is 0 Å². The van der Waals surface area contributed by atoms with Gasteiger partial charge in [0, 0.05) is 14.1 Å². The minimum Gasteiger partial charge on any atom is -0.484 e. The standard InChI is InChI=1S/C19H18ClNO4S/c1-21(2)26(22,23)19-11-9-16(25-19)13-24-18-10-8-15(12-17(18)20)14-6-4-3-5-7-14/h3-12H,13H2,1-2H3. The van der Waals surface area contributed by atoms with E-state index in [9.17, 15) is 8.42 Å². The maximum atomic E-state index is 12.0. The van der Waals surface area contributed by atoms with Crippen LogP contribution in [-0.2, 0) is 16.6 Å². The molecule has 26 heavy (non-hydrogen) atoms. The third-order valence-electron chi connectivity index (χ3n) is 3.78. The molecule has 0 radical (unpaired) electrons. The number of rotatable bonds is 6. The van der Waals surface area contributed by atoms with Gasteiger partial charge in [0.1, 0.15) is 18.1 Å². The van der Waals surface area contributed by atoms with Crippen molar-refractivity contribution in [3.05, 3.63) is 71.4 Å². The van der Waals surface area contributed by atoms with Gasteiger partial charge in [-0.3, -0.25) is 0 Å². The zero-order valence-corrected chi connectivity index (χ0v) is 15.9. The van der Waals surface area contributed by atoms with E-state index in [-0.39, 0.29) is 11.7 Å². The quantitative estimate of drug-likeness (QED) is 0.623. The lowest BCUT2D eigenvalue weighted by molar-refractivity contribution is 0.257. The van der Waals surface area contributed by atoms with Gasteiger partial charge < -0.3 is 9.15 Å². The Balaban J connectivity index is 1.72. The van der Waals surface area contributed by atoms with E-state index < -0.39 is 10.0 Å². The Hall–Kier alpha value is -2.28. The predicted octanol–water partition coefficient (Wildman–Crippen LogP) is 4.43. The third-order valence-corrected chi connectivity index (χ3v) is 5.77. The van der Waals surface area contributed by atoms with Crippen LogP contribution in [0.3, 0.4) is 0 Å². The summed E-state index contributed by atoms with van der Waals surface area (Å²) in [5, 5.41) is 0.352. The van der Waals surface area contributed by atoms with Gasteiger partial charge in [-0.05, 0) is 35.4 Å². The summed E-state index contributed by atoms with van der Waals surface area (Å²) in [4.78, 5) is 0. The average molecular weight is 392 g/mol. The number of sulfonamides is 1. The number of nitrogens with zero attached hydrogens (tertiary/aromatic N) is 1.